The van der Waals surface area contributed by atoms with Gasteiger partial charge in [0, 0.05) is 0 Å². The van der Waals surface area contributed by atoms with Gasteiger partial charge in [0.25, 0.3) is 0 Å². The van der Waals surface area contributed by atoms with Crippen LogP contribution in [-0.2, 0) is 16.0 Å². The average Bonchev–Trinajstić information content (AvgIpc) is 2.28. The third kappa shape index (κ3) is 3.05. The maximum absolute atomic E-state index is 11.3. The Morgan fingerprint density at radius 1 is 1.59 bits per heavy atom. The van der Waals surface area contributed by atoms with E-state index >= 15 is 0 Å². The lowest BCUT2D eigenvalue weighted by atomic mass is 10.0. The summed E-state index contributed by atoms with van der Waals surface area (Å²) in [6.45, 7) is 1.90. The van der Waals surface area contributed by atoms with Crippen LogP contribution in [0.25, 0.3) is 0 Å². The molecule has 0 unspecified atom stereocenters. The number of nitrogens with zero attached hydrogens (tertiary/aromatic N) is 1. The highest BCUT2D eigenvalue weighted by molar-refractivity contribution is 5.85. The van der Waals surface area contributed by atoms with Crippen LogP contribution in [0, 0.1) is 11.3 Å². The molecular formula is C12H11NO4. The van der Waals surface area contributed by atoms with E-state index in [1.807, 2.05) is 6.07 Å². The molecule has 0 aliphatic carbocycles. The van der Waals surface area contributed by atoms with Crippen molar-refractivity contribution in [3.63, 3.8) is 0 Å². The van der Waals surface area contributed by atoms with E-state index in [2.05, 4.69) is 0 Å². The molecule has 1 rings (SSSR count). The molecule has 0 amide bonds. The zero-order valence-electron chi connectivity index (χ0n) is 9.27. The molecule has 88 valence electrons. The van der Waals surface area contributed by atoms with E-state index < -0.39 is 5.97 Å². The molecule has 0 saturated carbocycles. The summed E-state index contributed by atoms with van der Waals surface area (Å²) in [5, 5.41) is 18.2. The molecule has 1 aromatic carbocycles. The fourth-order valence-corrected chi connectivity index (χ4v) is 1.41. The number of rotatable bonds is 4. The number of carbonyl (C=O) groups is 2. The first-order valence-corrected chi connectivity index (χ1v) is 4.99. The van der Waals surface area contributed by atoms with Gasteiger partial charge in [-0.2, -0.15) is 5.26 Å². The minimum Gasteiger partial charge on any atom is -0.507 e. The average molecular weight is 233 g/mol. The summed E-state index contributed by atoms with van der Waals surface area (Å²) in [5.74, 6) is -0.816. The second-order valence-corrected chi connectivity index (χ2v) is 3.28. The monoisotopic (exact) mass is 233 g/mol. The van der Waals surface area contributed by atoms with Crippen LogP contribution >= 0.6 is 0 Å². The molecule has 0 heterocycles. The highest BCUT2D eigenvalue weighted by Gasteiger charge is 2.13. The van der Waals surface area contributed by atoms with E-state index in [-0.39, 0.29) is 35.5 Å². The number of phenolic OH excluding ortho intramolecular Hbond substituents is 1. The van der Waals surface area contributed by atoms with Crippen LogP contribution in [0.1, 0.15) is 28.4 Å². The van der Waals surface area contributed by atoms with Gasteiger partial charge in [0.1, 0.15) is 5.75 Å². The normalized spacial score (nSPS) is 9.41. The Hall–Kier alpha value is -2.35. The van der Waals surface area contributed by atoms with Gasteiger partial charge in [-0.25, -0.2) is 0 Å². The topological polar surface area (TPSA) is 87.4 Å². The van der Waals surface area contributed by atoms with Crippen LogP contribution in [0.3, 0.4) is 0 Å². The number of aldehydes is 1. The predicted molar refractivity (Wildman–Crippen MR) is 58.5 cm³/mol. The molecule has 5 heteroatoms. The minimum atomic E-state index is -0.509. The number of benzene rings is 1. The zero-order chi connectivity index (χ0) is 12.8. The molecule has 0 aliphatic rings. The van der Waals surface area contributed by atoms with Crippen molar-refractivity contribution in [3.05, 3.63) is 28.8 Å². The Bertz CT molecular complexity index is 488. The molecule has 1 N–H and O–H groups in total. The second-order valence-electron chi connectivity index (χ2n) is 3.28. The van der Waals surface area contributed by atoms with E-state index in [1.165, 1.54) is 12.1 Å². The maximum Gasteiger partial charge on any atom is 0.310 e. The Balaban J connectivity index is 3.12. The van der Waals surface area contributed by atoms with Crippen molar-refractivity contribution in [1.29, 1.82) is 5.26 Å². The largest absolute Gasteiger partial charge is 0.507 e. The summed E-state index contributed by atoms with van der Waals surface area (Å²) in [5.41, 5.74) is 0.486. The number of esters is 1. The van der Waals surface area contributed by atoms with E-state index in [0.717, 1.165) is 0 Å². The number of ether oxygens (including phenoxy) is 1. The van der Waals surface area contributed by atoms with Gasteiger partial charge in [0.2, 0.25) is 0 Å². The molecule has 0 aliphatic heterocycles. The minimum absolute atomic E-state index is 0.0112. The molecule has 0 spiro atoms. The third-order valence-corrected chi connectivity index (χ3v) is 2.13. The van der Waals surface area contributed by atoms with E-state index in [1.54, 1.807) is 6.92 Å². The number of phenols is 1. The predicted octanol–water partition coefficient (Wildman–Crippen LogP) is 1.18. The molecule has 0 bridgehead atoms. The van der Waals surface area contributed by atoms with Gasteiger partial charge in [0.15, 0.2) is 6.29 Å². The molecule has 0 fully saturated rings. The number of nitriles is 1. The van der Waals surface area contributed by atoms with Crippen LogP contribution in [0.5, 0.6) is 5.75 Å². The first-order chi connectivity index (χ1) is 8.12. The lowest BCUT2D eigenvalue weighted by Crippen LogP contribution is -2.09. The third-order valence-electron chi connectivity index (χ3n) is 2.13. The number of carbonyl (C=O) groups excluding carboxylic acids is 2. The first kappa shape index (κ1) is 12.7. The number of hydrogen-bond donors (Lipinski definition) is 1. The van der Waals surface area contributed by atoms with Crippen molar-refractivity contribution in [3.8, 4) is 11.8 Å². The highest BCUT2D eigenvalue weighted by Crippen LogP contribution is 2.22. The van der Waals surface area contributed by atoms with Crippen molar-refractivity contribution in [2.24, 2.45) is 0 Å². The van der Waals surface area contributed by atoms with Crippen LogP contribution in [0.4, 0.5) is 0 Å². The lowest BCUT2D eigenvalue weighted by Gasteiger charge is -2.07. The number of hydrogen-bond acceptors (Lipinski definition) is 5. The number of aromatic hydroxyl groups is 1. The van der Waals surface area contributed by atoms with Crippen LogP contribution in [-0.4, -0.2) is 24.0 Å². The SMILES string of the molecule is CCOC(=O)Cc1cc(C#N)cc(O)c1C=O. The van der Waals surface area contributed by atoms with E-state index in [9.17, 15) is 14.7 Å². The summed E-state index contributed by atoms with van der Waals surface area (Å²) in [6.07, 6.45) is 0.302. The van der Waals surface area contributed by atoms with Crippen molar-refractivity contribution in [2.75, 3.05) is 6.61 Å². The van der Waals surface area contributed by atoms with Gasteiger partial charge in [0.05, 0.1) is 30.2 Å². The van der Waals surface area contributed by atoms with Gasteiger partial charge in [-0.05, 0) is 24.6 Å². The van der Waals surface area contributed by atoms with Crippen molar-refractivity contribution < 1.29 is 19.4 Å². The molecule has 0 aromatic heterocycles. The van der Waals surface area contributed by atoms with Gasteiger partial charge in [-0.15, -0.1) is 0 Å². The van der Waals surface area contributed by atoms with Crippen molar-refractivity contribution in [1.82, 2.24) is 0 Å². The second kappa shape index (κ2) is 5.66. The summed E-state index contributed by atoms with van der Waals surface area (Å²) in [4.78, 5) is 22.1. The summed E-state index contributed by atoms with van der Waals surface area (Å²) in [7, 11) is 0. The van der Waals surface area contributed by atoms with Crippen LogP contribution < -0.4 is 0 Å². The van der Waals surface area contributed by atoms with Crippen LogP contribution in [0.2, 0.25) is 0 Å². The lowest BCUT2D eigenvalue weighted by molar-refractivity contribution is -0.142. The fourth-order valence-electron chi connectivity index (χ4n) is 1.41. The summed E-state index contributed by atoms with van der Waals surface area (Å²) in [6, 6.07) is 4.40. The summed E-state index contributed by atoms with van der Waals surface area (Å²) < 4.78 is 4.74. The van der Waals surface area contributed by atoms with Gasteiger partial charge in [-0.3, -0.25) is 9.59 Å². The fraction of sp³-hybridized carbons (Fsp3) is 0.250. The maximum atomic E-state index is 11.3. The molecule has 17 heavy (non-hydrogen) atoms. The standard InChI is InChI=1S/C12H11NO4/c1-2-17-12(16)5-9-3-8(6-13)4-11(15)10(9)7-14/h3-4,7,15H,2,5H2,1H3. The highest BCUT2D eigenvalue weighted by atomic mass is 16.5. The molecule has 0 atom stereocenters. The molecular weight excluding hydrogens is 222 g/mol. The first-order valence-electron chi connectivity index (χ1n) is 4.99. The van der Waals surface area contributed by atoms with Crippen molar-refractivity contribution >= 4 is 12.3 Å². The Morgan fingerprint density at radius 3 is 2.82 bits per heavy atom. The zero-order valence-corrected chi connectivity index (χ0v) is 9.27. The molecule has 0 saturated heterocycles. The Labute approximate surface area is 98.2 Å². The molecule has 5 nitrogen and oxygen atoms in total. The van der Waals surface area contributed by atoms with Gasteiger partial charge < -0.3 is 9.84 Å². The van der Waals surface area contributed by atoms with Crippen LogP contribution in [0.15, 0.2) is 12.1 Å². The van der Waals surface area contributed by atoms with E-state index in [0.29, 0.717) is 6.29 Å². The Kier molecular flexibility index (Phi) is 4.23. The Morgan fingerprint density at radius 2 is 2.29 bits per heavy atom. The smallest absolute Gasteiger partial charge is 0.310 e. The molecule has 0 radical (unpaired) electrons. The van der Waals surface area contributed by atoms with Gasteiger partial charge in [-0.1, -0.05) is 0 Å². The van der Waals surface area contributed by atoms with E-state index in [4.69, 9.17) is 10.00 Å². The quantitative estimate of drug-likeness (QED) is 0.623. The summed E-state index contributed by atoms with van der Waals surface area (Å²) >= 11 is 0. The van der Waals surface area contributed by atoms with Crippen molar-refractivity contribution in [2.45, 2.75) is 13.3 Å². The molecule has 1 aromatic rings. The van der Waals surface area contributed by atoms with Gasteiger partial charge >= 0.3 is 5.97 Å².